The first kappa shape index (κ1) is 12.2. The molecule has 1 aliphatic rings. The van der Waals surface area contributed by atoms with Gasteiger partial charge in [0.05, 0.1) is 6.20 Å². The summed E-state index contributed by atoms with van der Waals surface area (Å²) < 4.78 is 26.2. The molecular formula is C11H16F2N4. The Hall–Kier alpha value is -1.27. The number of anilines is 1. The van der Waals surface area contributed by atoms with Gasteiger partial charge in [-0.15, -0.1) is 0 Å². The summed E-state index contributed by atoms with van der Waals surface area (Å²) in [5.41, 5.74) is 5.48. The Bertz CT molecular complexity index is 378. The predicted molar refractivity (Wildman–Crippen MR) is 61.9 cm³/mol. The molecule has 0 aromatic carbocycles. The minimum atomic E-state index is -0.645. The number of hydrogen-bond donors (Lipinski definition) is 1. The Morgan fingerprint density at radius 1 is 1.24 bits per heavy atom. The van der Waals surface area contributed by atoms with Gasteiger partial charge in [-0.25, -0.2) is 13.8 Å². The van der Waals surface area contributed by atoms with Gasteiger partial charge in [-0.3, -0.25) is 4.90 Å². The van der Waals surface area contributed by atoms with Crippen molar-refractivity contribution < 1.29 is 8.78 Å². The van der Waals surface area contributed by atoms with Crippen LogP contribution in [0.5, 0.6) is 0 Å². The van der Waals surface area contributed by atoms with Crippen LogP contribution in [0.15, 0.2) is 12.3 Å². The molecule has 0 unspecified atom stereocenters. The Balaban J connectivity index is 2.00. The Morgan fingerprint density at radius 2 is 1.94 bits per heavy atom. The summed E-state index contributed by atoms with van der Waals surface area (Å²) in [6.45, 7) is 4.52. The third kappa shape index (κ3) is 2.89. The van der Waals surface area contributed by atoms with Crippen molar-refractivity contribution in [1.29, 1.82) is 0 Å². The van der Waals surface area contributed by atoms with E-state index in [0.29, 0.717) is 19.6 Å². The van der Waals surface area contributed by atoms with E-state index in [9.17, 15) is 8.78 Å². The average molecular weight is 242 g/mol. The first-order valence-corrected chi connectivity index (χ1v) is 5.69. The van der Waals surface area contributed by atoms with Crippen LogP contribution >= 0.6 is 0 Å². The number of piperazine rings is 1. The molecule has 2 rings (SSSR count). The van der Waals surface area contributed by atoms with Crippen LogP contribution in [0.25, 0.3) is 0 Å². The van der Waals surface area contributed by atoms with Crippen LogP contribution in [-0.2, 0) is 0 Å². The van der Waals surface area contributed by atoms with Crippen LogP contribution in [0.4, 0.5) is 14.6 Å². The smallest absolute Gasteiger partial charge is 0.168 e. The molecular weight excluding hydrogens is 226 g/mol. The first-order valence-electron chi connectivity index (χ1n) is 5.69. The van der Waals surface area contributed by atoms with Gasteiger partial charge < -0.3 is 10.6 Å². The lowest BCUT2D eigenvalue weighted by Gasteiger charge is -2.35. The highest BCUT2D eigenvalue weighted by atomic mass is 19.1. The van der Waals surface area contributed by atoms with Gasteiger partial charge in [0.15, 0.2) is 11.6 Å². The maximum Gasteiger partial charge on any atom is 0.168 e. The van der Waals surface area contributed by atoms with Crippen LogP contribution in [0.2, 0.25) is 0 Å². The maximum absolute atomic E-state index is 13.5. The summed E-state index contributed by atoms with van der Waals surface area (Å²) in [6, 6.07) is 0.870. The fourth-order valence-electron chi connectivity index (χ4n) is 2.01. The van der Waals surface area contributed by atoms with Crippen molar-refractivity contribution in [3.63, 3.8) is 0 Å². The van der Waals surface area contributed by atoms with Gasteiger partial charge in [0.25, 0.3) is 0 Å². The third-order valence-electron chi connectivity index (χ3n) is 2.91. The Morgan fingerprint density at radius 3 is 2.53 bits per heavy atom. The fraction of sp³-hybridized carbons (Fsp3) is 0.545. The molecule has 0 aliphatic carbocycles. The molecule has 0 saturated carbocycles. The standard InChI is InChI=1S/C11H16F2N4/c12-9-7-10(13)11(15-8-9)17-5-3-16(2-1-14)4-6-17/h7-8H,1-6,14H2. The van der Waals surface area contributed by atoms with E-state index in [1.165, 1.54) is 0 Å². The van der Waals surface area contributed by atoms with Crippen LogP contribution in [0.3, 0.4) is 0 Å². The highest BCUT2D eigenvalue weighted by molar-refractivity contribution is 5.40. The molecule has 1 aromatic heterocycles. The molecule has 2 heterocycles. The first-order chi connectivity index (χ1) is 8.20. The van der Waals surface area contributed by atoms with Gasteiger partial charge in [0.2, 0.25) is 0 Å². The van der Waals surface area contributed by atoms with E-state index >= 15 is 0 Å². The van der Waals surface area contributed by atoms with Crippen molar-refractivity contribution >= 4 is 5.82 Å². The summed E-state index contributed by atoms with van der Waals surface area (Å²) in [6.07, 6.45) is 1.05. The van der Waals surface area contributed by atoms with E-state index in [-0.39, 0.29) is 5.82 Å². The molecule has 0 radical (unpaired) electrons. The highest BCUT2D eigenvalue weighted by Gasteiger charge is 2.20. The predicted octanol–water partition coefficient (Wildman–Crippen LogP) is 0.440. The number of pyridine rings is 1. The Labute approximate surface area is 99.0 Å². The highest BCUT2D eigenvalue weighted by Crippen LogP contribution is 2.18. The molecule has 0 bridgehead atoms. The minimum absolute atomic E-state index is 0.235. The summed E-state index contributed by atoms with van der Waals surface area (Å²) >= 11 is 0. The van der Waals surface area contributed by atoms with Crippen LogP contribution in [-0.4, -0.2) is 49.2 Å². The normalized spacial score (nSPS) is 17.5. The molecule has 4 nitrogen and oxygen atoms in total. The van der Waals surface area contributed by atoms with Crippen LogP contribution < -0.4 is 10.6 Å². The molecule has 17 heavy (non-hydrogen) atoms. The van der Waals surface area contributed by atoms with Crippen molar-refractivity contribution in [2.24, 2.45) is 5.73 Å². The van der Waals surface area contributed by atoms with Crippen molar-refractivity contribution in [3.05, 3.63) is 23.9 Å². The zero-order valence-corrected chi connectivity index (χ0v) is 9.57. The topological polar surface area (TPSA) is 45.4 Å². The zero-order valence-electron chi connectivity index (χ0n) is 9.57. The second-order valence-electron chi connectivity index (χ2n) is 4.08. The number of nitrogens with two attached hydrogens (primary N) is 1. The van der Waals surface area contributed by atoms with Gasteiger partial charge in [-0.05, 0) is 0 Å². The van der Waals surface area contributed by atoms with E-state index in [2.05, 4.69) is 9.88 Å². The van der Waals surface area contributed by atoms with E-state index in [0.717, 1.165) is 31.9 Å². The number of nitrogens with zero attached hydrogens (tertiary/aromatic N) is 3. The zero-order chi connectivity index (χ0) is 12.3. The van der Waals surface area contributed by atoms with Crippen molar-refractivity contribution in [2.45, 2.75) is 0 Å². The van der Waals surface area contributed by atoms with Crippen molar-refractivity contribution in [3.8, 4) is 0 Å². The molecule has 1 saturated heterocycles. The second kappa shape index (κ2) is 5.37. The van der Waals surface area contributed by atoms with Gasteiger partial charge in [-0.2, -0.15) is 0 Å². The fourth-order valence-corrected chi connectivity index (χ4v) is 2.01. The molecule has 2 N–H and O–H groups in total. The van der Waals surface area contributed by atoms with E-state index < -0.39 is 11.6 Å². The number of halogens is 2. The maximum atomic E-state index is 13.5. The van der Waals surface area contributed by atoms with Crippen LogP contribution in [0.1, 0.15) is 0 Å². The molecule has 0 amide bonds. The SMILES string of the molecule is NCCN1CCN(c2ncc(F)cc2F)CC1. The number of hydrogen-bond acceptors (Lipinski definition) is 4. The van der Waals surface area contributed by atoms with Crippen molar-refractivity contribution in [1.82, 2.24) is 9.88 Å². The summed E-state index contributed by atoms with van der Waals surface area (Å²) in [4.78, 5) is 7.86. The van der Waals surface area contributed by atoms with Crippen molar-refractivity contribution in [2.75, 3.05) is 44.2 Å². The van der Waals surface area contributed by atoms with Crippen LogP contribution in [0, 0.1) is 11.6 Å². The molecule has 1 aliphatic heterocycles. The molecule has 6 heteroatoms. The summed E-state index contributed by atoms with van der Waals surface area (Å²) in [5, 5.41) is 0. The second-order valence-corrected chi connectivity index (χ2v) is 4.08. The largest absolute Gasteiger partial charge is 0.352 e. The lowest BCUT2D eigenvalue weighted by molar-refractivity contribution is 0.263. The van der Waals surface area contributed by atoms with Gasteiger partial charge >= 0.3 is 0 Å². The number of rotatable bonds is 3. The van der Waals surface area contributed by atoms with Gasteiger partial charge in [0, 0.05) is 45.3 Å². The summed E-state index contributed by atoms with van der Waals surface area (Å²) in [7, 11) is 0. The molecule has 94 valence electrons. The molecule has 1 fully saturated rings. The Kier molecular flexibility index (Phi) is 3.86. The minimum Gasteiger partial charge on any atom is -0.352 e. The third-order valence-corrected chi connectivity index (χ3v) is 2.91. The quantitative estimate of drug-likeness (QED) is 0.835. The summed E-state index contributed by atoms with van der Waals surface area (Å²) in [5.74, 6) is -1.01. The van der Waals surface area contributed by atoms with E-state index in [4.69, 9.17) is 5.73 Å². The number of aromatic nitrogens is 1. The van der Waals surface area contributed by atoms with E-state index in [1.54, 1.807) is 0 Å². The monoisotopic (exact) mass is 242 g/mol. The average Bonchev–Trinajstić information content (AvgIpc) is 2.31. The lowest BCUT2D eigenvalue weighted by atomic mass is 10.3. The molecule has 0 spiro atoms. The van der Waals surface area contributed by atoms with E-state index in [1.807, 2.05) is 4.90 Å². The molecule has 0 atom stereocenters. The van der Waals surface area contributed by atoms with Gasteiger partial charge in [0.1, 0.15) is 5.82 Å². The van der Waals surface area contributed by atoms with Gasteiger partial charge in [-0.1, -0.05) is 0 Å². The molecule has 1 aromatic rings. The lowest BCUT2D eigenvalue weighted by Crippen LogP contribution is -2.48.